The third-order valence-electron chi connectivity index (χ3n) is 6.11. The van der Waals surface area contributed by atoms with E-state index in [1.165, 1.54) is 12.1 Å². The lowest BCUT2D eigenvalue weighted by molar-refractivity contribution is -0.137. The Morgan fingerprint density at radius 1 is 0.676 bits per heavy atom. The van der Waals surface area contributed by atoms with Gasteiger partial charge in [0.25, 0.3) is 11.8 Å². The summed E-state index contributed by atoms with van der Waals surface area (Å²) in [6.07, 6.45) is -4.59. The smallest absolute Gasteiger partial charge is 0.355 e. The van der Waals surface area contributed by atoms with E-state index < -0.39 is 17.6 Å². The minimum Gasteiger partial charge on any atom is -0.355 e. The molecular formula is C30H25F3N2O2. The number of rotatable bonds is 5. The van der Waals surface area contributed by atoms with Crippen molar-refractivity contribution in [2.45, 2.75) is 20.0 Å². The first-order chi connectivity index (χ1) is 17.6. The lowest BCUT2D eigenvalue weighted by Gasteiger charge is -2.17. The Hall–Kier alpha value is -4.39. The maximum Gasteiger partial charge on any atom is 0.417 e. The monoisotopic (exact) mass is 502 g/mol. The number of anilines is 1. The molecule has 37 heavy (non-hydrogen) atoms. The van der Waals surface area contributed by atoms with Crippen molar-refractivity contribution in [1.82, 2.24) is 5.32 Å². The Morgan fingerprint density at radius 2 is 1.22 bits per heavy atom. The molecule has 2 amide bonds. The van der Waals surface area contributed by atoms with Crippen molar-refractivity contribution in [3.05, 3.63) is 113 Å². The molecule has 4 aromatic carbocycles. The molecule has 4 aromatic rings. The van der Waals surface area contributed by atoms with Gasteiger partial charge in [0.05, 0.1) is 5.56 Å². The first-order valence-electron chi connectivity index (χ1n) is 11.6. The zero-order valence-electron chi connectivity index (χ0n) is 20.5. The molecule has 0 atom stereocenters. The summed E-state index contributed by atoms with van der Waals surface area (Å²) < 4.78 is 41.8. The summed E-state index contributed by atoms with van der Waals surface area (Å²) in [6.45, 7) is 3.66. The van der Waals surface area contributed by atoms with E-state index >= 15 is 0 Å². The fourth-order valence-corrected chi connectivity index (χ4v) is 4.18. The largest absolute Gasteiger partial charge is 0.417 e. The van der Waals surface area contributed by atoms with Crippen LogP contribution in [0.4, 0.5) is 18.9 Å². The van der Waals surface area contributed by atoms with Crippen molar-refractivity contribution >= 4 is 17.5 Å². The Bertz CT molecular complexity index is 1460. The van der Waals surface area contributed by atoms with E-state index in [2.05, 4.69) is 10.6 Å². The highest BCUT2D eigenvalue weighted by atomic mass is 19.4. The first kappa shape index (κ1) is 25.7. The van der Waals surface area contributed by atoms with Crippen LogP contribution in [-0.4, -0.2) is 18.9 Å². The van der Waals surface area contributed by atoms with Crippen LogP contribution in [-0.2, 0) is 6.18 Å². The van der Waals surface area contributed by atoms with Crippen LogP contribution in [0.2, 0.25) is 0 Å². The first-order valence-corrected chi connectivity index (χ1v) is 11.6. The van der Waals surface area contributed by atoms with Crippen molar-refractivity contribution in [3.63, 3.8) is 0 Å². The normalized spacial score (nSPS) is 11.2. The summed E-state index contributed by atoms with van der Waals surface area (Å²) in [7, 11) is 1.56. The maximum atomic E-state index is 13.9. The molecule has 0 aliphatic heterocycles. The second kappa shape index (κ2) is 10.3. The number of amides is 2. The second-order valence-electron chi connectivity index (χ2n) is 8.76. The Balaban J connectivity index is 1.56. The molecule has 4 nitrogen and oxygen atoms in total. The van der Waals surface area contributed by atoms with Crippen LogP contribution in [0.3, 0.4) is 0 Å². The van der Waals surface area contributed by atoms with Gasteiger partial charge in [0.2, 0.25) is 0 Å². The molecule has 0 aromatic heterocycles. The summed E-state index contributed by atoms with van der Waals surface area (Å²) in [5, 5.41) is 5.14. The number of benzene rings is 4. The Kier molecular flexibility index (Phi) is 7.16. The highest BCUT2D eigenvalue weighted by Crippen LogP contribution is 2.40. The van der Waals surface area contributed by atoms with Crippen molar-refractivity contribution in [2.24, 2.45) is 0 Å². The third-order valence-corrected chi connectivity index (χ3v) is 6.11. The van der Waals surface area contributed by atoms with Gasteiger partial charge in [0.1, 0.15) is 0 Å². The van der Waals surface area contributed by atoms with Crippen LogP contribution in [0, 0.1) is 13.8 Å². The molecule has 4 rings (SSSR count). The van der Waals surface area contributed by atoms with Gasteiger partial charge in [0.15, 0.2) is 0 Å². The maximum absolute atomic E-state index is 13.9. The molecule has 2 N–H and O–H groups in total. The molecule has 0 aliphatic rings. The molecule has 0 saturated heterocycles. The molecule has 7 heteroatoms. The lowest BCUT2D eigenvalue weighted by Crippen LogP contribution is -2.17. The third kappa shape index (κ3) is 5.72. The highest BCUT2D eigenvalue weighted by molar-refractivity contribution is 6.04. The number of aryl methyl sites for hydroxylation is 2. The van der Waals surface area contributed by atoms with Gasteiger partial charge in [-0.2, -0.15) is 13.2 Å². The SMILES string of the molecule is CNC(=O)c1ccc(-c2ccc(C(=O)Nc3ccc(-c4ccc(C)cc4C)c(C(F)(F)F)c3)cc2)cc1. The molecule has 0 radical (unpaired) electrons. The topological polar surface area (TPSA) is 58.2 Å². The van der Waals surface area contributed by atoms with Crippen molar-refractivity contribution in [3.8, 4) is 22.3 Å². The van der Waals surface area contributed by atoms with Crippen molar-refractivity contribution < 1.29 is 22.8 Å². The van der Waals surface area contributed by atoms with Gasteiger partial charge in [0, 0.05) is 23.9 Å². The van der Waals surface area contributed by atoms with E-state index in [4.69, 9.17) is 0 Å². The average Bonchev–Trinajstić information content (AvgIpc) is 2.88. The van der Waals surface area contributed by atoms with Crippen LogP contribution in [0.1, 0.15) is 37.4 Å². The zero-order valence-corrected chi connectivity index (χ0v) is 20.5. The van der Waals surface area contributed by atoms with Crippen LogP contribution in [0.15, 0.2) is 84.9 Å². The predicted octanol–water partition coefficient (Wildman–Crippen LogP) is 7.27. The predicted molar refractivity (Wildman–Crippen MR) is 140 cm³/mol. The average molecular weight is 503 g/mol. The van der Waals surface area contributed by atoms with Gasteiger partial charge in [-0.15, -0.1) is 0 Å². The van der Waals surface area contributed by atoms with Crippen LogP contribution < -0.4 is 10.6 Å². The quantitative estimate of drug-likeness (QED) is 0.302. The number of halogens is 3. The lowest BCUT2D eigenvalue weighted by atomic mass is 9.94. The summed E-state index contributed by atoms with van der Waals surface area (Å²) in [4.78, 5) is 24.5. The van der Waals surface area contributed by atoms with E-state index in [1.807, 2.05) is 13.0 Å². The molecule has 0 unspecified atom stereocenters. The number of alkyl halides is 3. The molecular weight excluding hydrogens is 477 g/mol. The van der Waals surface area contributed by atoms with Crippen molar-refractivity contribution in [2.75, 3.05) is 12.4 Å². The van der Waals surface area contributed by atoms with E-state index in [1.54, 1.807) is 74.6 Å². The number of nitrogens with one attached hydrogen (secondary N) is 2. The Morgan fingerprint density at radius 3 is 1.73 bits per heavy atom. The van der Waals surface area contributed by atoms with Crippen LogP contribution >= 0.6 is 0 Å². The number of hydrogen-bond acceptors (Lipinski definition) is 2. The summed E-state index contributed by atoms with van der Waals surface area (Å²) >= 11 is 0. The molecule has 188 valence electrons. The summed E-state index contributed by atoms with van der Waals surface area (Å²) in [6, 6.07) is 22.8. The van der Waals surface area contributed by atoms with Gasteiger partial charge in [-0.05, 0) is 78.1 Å². The number of carbonyl (C=O) groups is 2. The van der Waals surface area contributed by atoms with Gasteiger partial charge in [-0.25, -0.2) is 0 Å². The van der Waals surface area contributed by atoms with Crippen LogP contribution in [0.5, 0.6) is 0 Å². The number of hydrogen-bond donors (Lipinski definition) is 2. The van der Waals surface area contributed by atoms with Gasteiger partial charge in [-0.3, -0.25) is 9.59 Å². The summed E-state index contributed by atoms with van der Waals surface area (Å²) in [5.74, 6) is -0.705. The zero-order chi connectivity index (χ0) is 26.7. The van der Waals surface area contributed by atoms with Gasteiger partial charge in [-0.1, -0.05) is 54.1 Å². The summed E-state index contributed by atoms with van der Waals surface area (Å²) in [5.41, 5.74) is 4.03. The molecule has 0 spiro atoms. The minimum absolute atomic E-state index is 0.0553. The second-order valence-corrected chi connectivity index (χ2v) is 8.76. The molecule has 0 bridgehead atoms. The number of carbonyl (C=O) groups excluding carboxylic acids is 2. The van der Waals surface area contributed by atoms with E-state index in [0.717, 1.165) is 28.3 Å². The minimum atomic E-state index is -4.59. The fraction of sp³-hybridized carbons (Fsp3) is 0.133. The molecule has 0 aliphatic carbocycles. The molecule has 0 saturated carbocycles. The molecule has 0 fully saturated rings. The van der Waals surface area contributed by atoms with E-state index in [-0.39, 0.29) is 17.2 Å². The molecule has 0 heterocycles. The van der Waals surface area contributed by atoms with E-state index in [0.29, 0.717) is 16.7 Å². The van der Waals surface area contributed by atoms with Gasteiger partial charge < -0.3 is 10.6 Å². The van der Waals surface area contributed by atoms with E-state index in [9.17, 15) is 22.8 Å². The standard InChI is InChI=1S/C30H25F3N2O2/c1-18-4-14-25(19(2)16-18)26-15-13-24(17-27(26)30(31,32)33)35-29(37)23-11-7-21(8-12-23)20-5-9-22(10-6-20)28(36)34-3/h4-17H,1-3H3,(H,34,36)(H,35,37). The highest BCUT2D eigenvalue weighted by Gasteiger charge is 2.34. The van der Waals surface area contributed by atoms with Crippen LogP contribution in [0.25, 0.3) is 22.3 Å². The van der Waals surface area contributed by atoms with Gasteiger partial charge >= 0.3 is 6.18 Å². The van der Waals surface area contributed by atoms with Crippen molar-refractivity contribution in [1.29, 1.82) is 0 Å². The Labute approximate surface area is 213 Å². The fourth-order valence-electron chi connectivity index (χ4n) is 4.18.